The molecule has 3 aromatic rings. The summed E-state index contributed by atoms with van der Waals surface area (Å²) in [6, 6.07) is 18.6. The van der Waals surface area contributed by atoms with E-state index >= 15 is 0 Å². The number of ketones is 1. The summed E-state index contributed by atoms with van der Waals surface area (Å²) < 4.78 is 5.36. The van der Waals surface area contributed by atoms with Gasteiger partial charge in [-0.25, -0.2) is 0 Å². The zero-order chi connectivity index (χ0) is 23.0. The highest BCUT2D eigenvalue weighted by atomic mass is 35.5. The van der Waals surface area contributed by atoms with E-state index < -0.39 is 17.7 Å². The second-order valence-electron chi connectivity index (χ2n) is 7.69. The smallest absolute Gasteiger partial charge is 0.300 e. The van der Waals surface area contributed by atoms with Crippen molar-refractivity contribution in [3.8, 4) is 5.75 Å². The molecule has 0 bridgehead atoms. The van der Waals surface area contributed by atoms with Crippen molar-refractivity contribution in [2.45, 2.75) is 19.9 Å². The van der Waals surface area contributed by atoms with Crippen LogP contribution in [-0.2, 0) is 9.59 Å². The molecule has 1 unspecified atom stereocenters. The number of Topliss-reactive ketones (excluding diaryl/α,β-unsaturated/α-hetero) is 1. The Labute approximate surface area is 191 Å². The van der Waals surface area contributed by atoms with Gasteiger partial charge in [0.15, 0.2) is 0 Å². The Morgan fingerprint density at radius 2 is 1.62 bits per heavy atom. The van der Waals surface area contributed by atoms with E-state index in [0.29, 0.717) is 27.6 Å². The summed E-state index contributed by atoms with van der Waals surface area (Å²) >= 11 is 6.07. The zero-order valence-electron chi connectivity index (χ0n) is 17.9. The Balaban J connectivity index is 1.97. The lowest BCUT2D eigenvalue weighted by Crippen LogP contribution is -2.29. The quantitative estimate of drug-likeness (QED) is 0.321. The third-order valence-electron chi connectivity index (χ3n) is 5.66. The van der Waals surface area contributed by atoms with Gasteiger partial charge < -0.3 is 9.84 Å². The molecule has 162 valence electrons. The van der Waals surface area contributed by atoms with Crippen LogP contribution in [0.25, 0.3) is 5.76 Å². The number of methoxy groups -OCH3 is 1. The topological polar surface area (TPSA) is 66.8 Å². The van der Waals surface area contributed by atoms with Crippen LogP contribution in [0.5, 0.6) is 5.75 Å². The normalized spacial score (nSPS) is 17.6. The Bertz CT molecular complexity index is 1230. The Kier molecular flexibility index (Phi) is 5.76. The molecule has 0 aromatic heterocycles. The molecule has 32 heavy (non-hydrogen) atoms. The highest BCUT2D eigenvalue weighted by molar-refractivity contribution is 6.51. The number of carbonyl (C=O) groups excluding carboxylic acids is 2. The average Bonchev–Trinajstić information content (AvgIpc) is 3.06. The monoisotopic (exact) mass is 447 g/mol. The molecule has 0 spiro atoms. The predicted octanol–water partition coefficient (Wildman–Crippen LogP) is 5.59. The second-order valence-corrected chi connectivity index (χ2v) is 8.13. The number of aliphatic hydroxyl groups is 1. The van der Waals surface area contributed by atoms with E-state index in [4.69, 9.17) is 16.3 Å². The van der Waals surface area contributed by atoms with Crippen molar-refractivity contribution in [2.24, 2.45) is 0 Å². The van der Waals surface area contributed by atoms with Gasteiger partial charge in [-0.2, -0.15) is 0 Å². The second kappa shape index (κ2) is 8.52. The van der Waals surface area contributed by atoms with Crippen molar-refractivity contribution in [2.75, 3.05) is 12.0 Å². The zero-order valence-corrected chi connectivity index (χ0v) is 18.7. The molecule has 4 rings (SSSR count). The molecule has 1 aliphatic heterocycles. The predicted molar refractivity (Wildman–Crippen MR) is 125 cm³/mol. The van der Waals surface area contributed by atoms with Crippen LogP contribution >= 0.6 is 11.6 Å². The van der Waals surface area contributed by atoms with Crippen LogP contribution in [0.1, 0.15) is 28.3 Å². The minimum atomic E-state index is -0.795. The fraction of sp³-hybridized carbons (Fsp3) is 0.154. The molecule has 6 heteroatoms. The molecule has 1 N–H and O–H groups in total. The summed E-state index contributed by atoms with van der Waals surface area (Å²) in [5, 5.41) is 11.9. The van der Waals surface area contributed by atoms with Crippen LogP contribution in [0.15, 0.2) is 72.3 Å². The Hall–Kier alpha value is -3.57. The molecular weight excluding hydrogens is 426 g/mol. The minimum Gasteiger partial charge on any atom is -0.507 e. The van der Waals surface area contributed by atoms with Gasteiger partial charge >= 0.3 is 0 Å². The van der Waals surface area contributed by atoms with Gasteiger partial charge in [0, 0.05) is 16.3 Å². The lowest BCUT2D eigenvalue weighted by atomic mass is 9.93. The van der Waals surface area contributed by atoms with Gasteiger partial charge in [0.25, 0.3) is 11.7 Å². The Morgan fingerprint density at radius 3 is 2.25 bits per heavy atom. The molecular formula is C26H22ClNO4. The number of hydrogen-bond acceptors (Lipinski definition) is 4. The highest BCUT2D eigenvalue weighted by Gasteiger charge is 2.47. The molecule has 3 aromatic carbocycles. The standard InChI is InChI=1S/C26H22ClNO4/c1-15-14-21(32-3)16(2)13-20(15)24(29)22-23(17-9-11-18(27)12-10-17)28(26(31)25(22)30)19-7-5-4-6-8-19/h4-14,23,29H,1-3H3/b24-22+. The van der Waals surface area contributed by atoms with Crippen molar-refractivity contribution < 1.29 is 19.4 Å². The molecule has 0 aliphatic carbocycles. The molecule has 1 fully saturated rings. The average molecular weight is 448 g/mol. The maximum atomic E-state index is 13.2. The first-order chi connectivity index (χ1) is 15.3. The van der Waals surface area contributed by atoms with Crippen molar-refractivity contribution in [3.63, 3.8) is 0 Å². The SMILES string of the molecule is COc1cc(C)c(/C(O)=C2\C(=O)C(=O)N(c3ccccc3)C2c2ccc(Cl)cc2)cc1C. The first kappa shape index (κ1) is 21.7. The van der Waals surface area contributed by atoms with Gasteiger partial charge in [0.05, 0.1) is 18.7 Å². The van der Waals surface area contributed by atoms with Gasteiger partial charge in [-0.05, 0) is 66.9 Å². The molecule has 1 atom stereocenters. The van der Waals surface area contributed by atoms with Crippen molar-refractivity contribution in [1.29, 1.82) is 0 Å². The highest BCUT2D eigenvalue weighted by Crippen LogP contribution is 2.43. The molecule has 1 heterocycles. The number of carbonyl (C=O) groups is 2. The summed E-state index contributed by atoms with van der Waals surface area (Å²) in [5.41, 5.74) is 3.28. The molecule has 0 radical (unpaired) electrons. The third kappa shape index (κ3) is 3.65. The van der Waals surface area contributed by atoms with Gasteiger partial charge in [-0.1, -0.05) is 41.9 Å². The van der Waals surface area contributed by atoms with Gasteiger partial charge in [0.2, 0.25) is 0 Å². The van der Waals surface area contributed by atoms with Crippen LogP contribution in [0.4, 0.5) is 5.69 Å². The van der Waals surface area contributed by atoms with Crippen LogP contribution in [-0.4, -0.2) is 23.9 Å². The van der Waals surface area contributed by atoms with E-state index in [1.807, 2.05) is 19.9 Å². The van der Waals surface area contributed by atoms with E-state index in [2.05, 4.69) is 0 Å². The summed E-state index contributed by atoms with van der Waals surface area (Å²) in [6.07, 6.45) is 0. The largest absolute Gasteiger partial charge is 0.507 e. The number of nitrogens with zero attached hydrogens (tertiary/aromatic N) is 1. The first-order valence-corrected chi connectivity index (χ1v) is 10.5. The fourth-order valence-corrected chi connectivity index (χ4v) is 4.18. The van der Waals surface area contributed by atoms with E-state index in [9.17, 15) is 14.7 Å². The van der Waals surface area contributed by atoms with Gasteiger partial charge in [0.1, 0.15) is 11.5 Å². The molecule has 1 saturated heterocycles. The molecule has 0 saturated carbocycles. The number of para-hydroxylation sites is 1. The van der Waals surface area contributed by atoms with Crippen LogP contribution in [0, 0.1) is 13.8 Å². The van der Waals surface area contributed by atoms with Gasteiger partial charge in [-0.15, -0.1) is 0 Å². The number of hydrogen-bond donors (Lipinski definition) is 1. The molecule has 1 amide bonds. The van der Waals surface area contributed by atoms with E-state index in [1.54, 1.807) is 67.8 Å². The first-order valence-electron chi connectivity index (χ1n) is 10.1. The maximum Gasteiger partial charge on any atom is 0.300 e. The van der Waals surface area contributed by atoms with Gasteiger partial charge in [-0.3, -0.25) is 14.5 Å². The van der Waals surface area contributed by atoms with Crippen molar-refractivity contribution in [3.05, 3.63) is 99.6 Å². The van der Waals surface area contributed by atoms with E-state index in [-0.39, 0.29) is 11.3 Å². The van der Waals surface area contributed by atoms with Crippen LogP contribution in [0.2, 0.25) is 5.02 Å². The summed E-state index contributed by atoms with van der Waals surface area (Å²) in [4.78, 5) is 27.8. The van der Waals surface area contributed by atoms with Crippen LogP contribution < -0.4 is 9.64 Å². The lowest BCUT2D eigenvalue weighted by molar-refractivity contribution is -0.132. The van der Waals surface area contributed by atoms with Crippen molar-refractivity contribution in [1.82, 2.24) is 0 Å². The maximum absolute atomic E-state index is 13.2. The minimum absolute atomic E-state index is 0.0360. The Morgan fingerprint density at radius 1 is 0.969 bits per heavy atom. The number of aliphatic hydroxyl groups excluding tert-OH is 1. The number of aryl methyl sites for hydroxylation is 2. The summed E-state index contributed by atoms with van der Waals surface area (Å²) in [6.45, 7) is 3.68. The van der Waals surface area contributed by atoms with E-state index in [0.717, 1.165) is 11.1 Å². The number of halogens is 1. The number of anilines is 1. The summed E-state index contributed by atoms with van der Waals surface area (Å²) in [5.74, 6) is -0.970. The number of benzene rings is 3. The van der Waals surface area contributed by atoms with Crippen LogP contribution in [0.3, 0.4) is 0 Å². The number of amides is 1. The summed E-state index contributed by atoms with van der Waals surface area (Å²) in [7, 11) is 1.58. The van der Waals surface area contributed by atoms with E-state index in [1.165, 1.54) is 4.90 Å². The molecule has 1 aliphatic rings. The number of ether oxygens (including phenoxy) is 1. The van der Waals surface area contributed by atoms with Crippen molar-refractivity contribution >= 4 is 34.7 Å². The molecule has 5 nitrogen and oxygen atoms in total. The number of rotatable bonds is 4. The lowest BCUT2D eigenvalue weighted by Gasteiger charge is -2.25. The third-order valence-corrected chi connectivity index (χ3v) is 5.91. The fourth-order valence-electron chi connectivity index (χ4n) is 4.06.